The molecule has 1 aromatic heterocycles. The molecular formula is C16H28N4O3. The number of aryl methyl sites for hydroxylation is 1. The second-order valence-corrected chi connectivity index (χ2v) is 5.88. The Hall–Kier alpha value is -1.73. The minimum absolute atomic E-state index is 0.125. The van der Waals surface area contributed by atoms with Crippen molar-refractivity contribution in [2.75, 3.05) is 12.3 Å². The Labute approximate surface area is 137 Å². The maximum absolute atomic E-state index is 11.5. The van der Waals surface area contributed by atoms with Crippen LogP contribution in [0.1, 0.15) is 45.7 Å². The SMILES string of the molecule is CC1CCC(CO)O1.CCC(C)C=Nc1c(C)nc(N)[nH]c1=O. The third-order valence-corrected chi connectivity index (χ3v) is 3.71. The Morgan fingerprint density at radius 3 is 2.70 bits per heavy atom. The van der Waals surface area contributed by atoms with E-state index in [1.807, 2.05) is 13.8 Å². The molecule has 1 aliphatic rings. The lowest BCUT2D eigenvalue weighted by Gasteiger charge is -2.05. The third-order valence-electron chi connectivity index (χ3n) is 3.71. The summed E-state index contributed by atoms with van der Waals surface area (Å²) >= 11 is 0. The fraction of sp³-hybridized carbons (Fsp3) is 0.688. The summed E-state index contributed by atoms with van der Waals surface area (Å²) in [5, 5.41) is 8.56. The molecule has 1 fully saturated rings. The molecule has 23 heavy (non-hydrogen) atoms. The molecule has 7 heteroatoms. The number of nitrogens with one attached hydrogen (secondary N) is 1. The van der Waals surface area contributed by atoms with E-state index in [-0.39, 0.29) is 24.2 Å². The summed E-state index contributed by atoms with van der Waals surface area (Å²) in [4.78, 5) is 22.0. The second kappa shape index (κ2) is 9.42. The molecule has 1 saturated heterocycles. The van der Waals surface area contributed by atoms with Crippen molar-refractivity contribution in [3.05, 3.63) is 16.0 Å². The molecule has 0 spiro atoms. The summed E-state index contributed by atoms with van der Waals surface area (Å²) in [6, 6.07) is 0. The van der Waals surface area contributed by atoms with Crippen LogP contribution in [0.4, 0.5) is 11.6 Å². The second-order valence-electron chi connectivity index (χ2n) is 5.88. The summed E-state index contributed by atoms with van der Waals surface area (Å²) < 4.78 is 5.26. The van der Waals surface area contributed by atoms with Crippen molar-refractivity contribution in [3.63, 3.8) is 0 Å². The highest BCUT2D eigenvalue weighted by Gasteiger charge is 2.19. The number of nitrogens with two attached hydrogens (primary N) is 1. The Morgan fingerprint density at radius 2 is 2.26 bits per heavy atom. The molecule has 3 unspecified atom stereocenters. The molecule has 3 atom stereocenters. The first-order valence-electron chi connectivity index (χ1n) is 8.04. The van der Waals surface area contributed by atoms with E-state index in [1.165, 1.54) is 0 Å². The fourth-order valence-electron chi connectivity index (χ4n) is 2.08. The number of nitrogens with zero attached hydrogens (tertiary/aromatic N) is 2. The van der Waals surface area contributed by atoms with Crippen molar-refractivity contribution in [3.8, 4) is 0 Å². The molecular weight excluding hydrogens is 296 g/mol. The number of aliphatic hydroxyl groups excluding tert-OH is 1. The van der Waals surface area contributed by atoms with Crippen LogP contribution >= 0.6 is 0 Å². The Balaban J connectivity index is 0.000000277. The molecule has 7 nitrogen and oxygen atoms in total. The zero-order valence-electron chi connectivity index (χ0n) is 14.4. The van der Waals surface area contributed by atoms with Crippen LogP contribution in [0.25, 0.3) is 0 Å². The molecule has 4 N–H and O–H groups in total. The smallest absolute Gasteiger partial charge is 0.278 e. The van der Waals surface area contributed by atoms with Crippen molar-refractivity contribution < 1.29 is 9.84 Å². The first-order chi connectivity index (χ1) is 10.9. The van der Waals surface area contributed by atoms with Gasteiger partial charge in [-0.25, -0.2) is 4.98 Å². The van der Waals surface area contributed by atoms with E-state index in [9.17, 15) is 4.79 Å². The standard InChI is InChI=1S/C10H16N4O.C6H12O2/c1-4-6(2)5-12-8-7(3)13-10(11)14-9(8)15;1-5-2-3-6(4-7)8-5/h5-6H,4H2,1-3H3,(H3,11,13,14,15);5-7H,2-4H2,1H3. The quantitative estimate of drug-likeness (QED) is 0.733. The summed E-state index contributed by atoms with van der Waals surface area (Å²) in [5.74, 6) is 0.473. The van der Waals surface area contributed by atoms with Gasteiger partial charge in [-0.05, 0) is 39.0 Å². The Kier molecular flexibility index (Phi) is 7.91. The molecule has 130 valence electrons. The minimum Gasteiger partial charge on any atom is -0.394 e. The molecule has 2 heterocycles. The highest BCUT2D eigenvalue weighted by Crippen LogP contribution is 2.17. The van der Waals surface area contributed by atoms with Crippen molar-refractivity contribution >= 4 is 17.9 Å². The fourth-order valence-corrected chi connectivity index (χ4v) is 2.08. The normalized spacial score (nSPS) is 22.0. The maximum atomic E-state index is 11.5. The van der Waals surface area contributed by atoms with Gasteiger partial charge in [0.15, 0.2) is 0 Å². The van der Waals surface area contributed by atoms with Crippen LogP contribution < -0.4 is 11.3 Å². The van der Waals surface area contributed by atoms with Crippen LogP contribution in [-0.2, 0) is 4.74 Å². The highest BCUT2D eigenvalue weighted by atomic mass is 16.5. The Morgan fingerprint density at radius 1 is 1.57 bits per heavy atom. The number of aromatic amines is 1. The van der Waals surface area contributed by atoms with E-state index >= 15 is 0 Å². The molecule has 0 amide bonds. The minimum atomic E-state index is -0.292. The van der Waals surface area contributed by atoms with Gasteiger partial charge in [0.05, 0.1) is 24.5 Å². The van der Waals surface area contributed by atoms with Crippen molar-refractivity contribution in [2.45, 2.75) is 59.2 Å². The monoisotopic (exact) mass is 324 g/mol. The lowest BCUT2D eigenvalue weighted by Crippen LogP contribution is -2.12. The van der Waals surface area contributed by atoms with Gasteiger partial charge < -0.3 is 15.6 Å². The lowest BCUT2D eigenvalue weighted by molar-refractivity contribution is 0.0198. The Bertz CT molecular complexity index is 571. The molecule has 0 bridgehead atoms. The first-order valence-corrected chi connectivity index (χ1v) is 8.04. The van der Waals surface area contributed by atoms with Crippen molar-refractivity contribution in [1.29, 1.82) is 0 Å². The topological polar surface area (TPSA) is 114 Å². The first kappa shape index (κ1) is 19.3. The summed E-state index contributed by atoms with van der Waals surface area (Å²) in [6.45, 7) is 8.04. The van der Waals surface area contributed by atoms with Gasteiger partial charge >= 0.3 is 0 Å². The average molecular weight is 324 g/mol. The number of aliphatic imine (C=N–C) groups is 1. The van der Waals surface area contributed by atoms with E-state index in [0.717, 1.165) is 19.3 Å². The van der Waals surface area contributed by atoms with Gasteiger partial charge in [-0.1, -0.05) is 13.8 Å². The van der Waals surface area contributed by atoms with E-state index in [2.05, 4.69) is 21.9 Å². The van der Waals surface area contributed by atoms with Crippen LogP contribution in [0.2, 0.25) is 0 Å². The van der Waals surface area contributed by atoms with Gasteiger partial charge in [0, 0.05) is 6.21 Å². The van der Waals surface area contributed by atoms with Crippen LogP contribution in [0.3, 0.4) is 0 Å². The molecule has 0 saturated carbocycles. The highest BCUT2D eigenvalue weighted by molar-refractivity contribution is 5.65. The van der Waals surface area contributed by atoms with Crippen molar-refractivity contribution in [1.82, 2.24) is 9.97 Å². The van der Waals surface area contributed by atoms with Crippen LogP contribution in [0.15, 0.2) is 9.79 Å². The van der Waals surface area contributed by atoms with E-state index < -0.39 is 0 Å². The number of anilines is 1. The molecule has 1 aliphatic heterocycles. The van der Waals surface area contributed by atoms with Crippen LogP contribution in [0, 0.1) is 12.8 Å². The predicted molar refractivity (Wildman–Crippen MR) is 92.3 cm³/mol. The number of nitrogen functional groups attached to an aromatic ring is 1. The number of hydrogen-bond donors (Lipinski definition) is 3. The molecule has 0 aliphatic carbocycles. The molecule has 1 aromatic rings. The summed E-state index contributed by atoms with van der Waals surface area (Å²) in [7, 11) is 0. The van der Waals surface area contributed by atoms with Gasteiger partial charge in [0.2, 0.25) is 5.95 Å². The zero-order valence-corrected chi connectivity index (χ0v) is 14.4. The van der Waals surface area contributed by atoms with Gasteiger partial charge in [-0.15, -0.1) is 0 Å². The van der Waals surface area contributed by atoms with Gasteiger partial charge in [0.1, 0.15) is 5.69 Å². The summed E-state index contributed by atoms with van der Waals surface area (Å²) in [5.41, 5.74) is 5.99. The summed E-state index contributed by atoms with van der Waals surface area (Å²) in [6.07, 6.45) is 5.37. The van der Waals surface area contributed by atoms with Crippen LogP contribution in [-0.4, -0.2) is 40.1 Å². The maximum Gasteiger partial charge on any atom is 0.278 e. The zero-order chi connectivity index (χ0) is 17.4. The van der Waals surface area contributed by atoms with Gasteiger partial charge in [-0.3, -0.25) is 14.8 Å². The number of ether oxygens (including phenoxy) is 1. The predicted octanol–water partition coefficient (Wildman–Crippen LogP) is 1.96. The lowest BCUT2D eigenvalue weighted by atomic mass is 10.1. The number of aliphatic hydroxyl groups is 1. The number of rotatable bonds is 4. The molecule has 2 rings (SSSR count). The van der Waals surface area contributed by atoms with E-state index in [0.29, 0.717) is 23.4 Å². The third kappa shape index (κ3) is 6.50. The van der Waals surface area contributed by atoms with E-state index in [4.69, 9.17) is 15.6 Å². The van der Waals surface area contributed by atoms with Gasteiger partial charge in [-0.2, -0.15) is 0 Å². The molecule has 0 radical (unpaired) electrons. The van der Waals surface area contributed by atoms with E-state index in [1.54, 1.807) is 13.1 Å². The largest absolute Gasteiger partial charge is 0.394 e. The number of H-pyrrole nitrogens is 1. The number of hydrogen-bond acceptors (Lipinski definition) is 6. The van der Waals surface area contributed by atoms with Gasteiger partial charge in [0.25, 0.3) is 5.56 Å². The average Bonchev–Trinajstić information content (AvgIpc) is 2.92. The van der Waals surface area contributed by atoms with Crippen molar-refractivity contribution in [2.24, 2.45) is 10.9 Å². The van der Waals surface area contributed by atoms with Crippen LogP contribution in [0.5, 0.6) is 0 Å². The number of aromatic nitrogens is 2. The molecule has 0 aromatic carbocycles.